The number of nitrogens with zero attached hydrogens (tertiary/aromatic N) is 3. The summed E-state index contributed by atoms with van der Waals surface area (Å²) in [6.07, 6.45) is 3.96. The number of amides is 1. The Morgan fingerprint density at radius 1 is 1.22 bits per heavy atom. The third-order valence-electron chi connectivity index (χ3n) is 3.11. The van der Waals surface area contributed by atoms with Gasteiger partial charge in [-0.15, -0.1) is 0 Å². The van der Waals surface area contributed by atoms with Crippen molar-refractivity contribution in [2.24, 2.45) is 0 Å². The number of nitrogens with one attached hydrogen (secondary N) is 3. The van der Waals surface area contributed by atoms with Gasteiger partial charge in [0.05, 0.1) is 18.1 Å². The van der Waals surface area contributed by atoms with Gasteiger partial charge in [-0.3, -0.25) is 10.1 Å². The molecule has 0 spiro atoms. The molecule has 27 heavy (non-hydrogen) atoms. The van der Waals surface area contributed by atoms with E-state index in [-0.39, 0.29) is 22.5 Å². The summed E-state index contributed by atoms with van der Waals surface area (Å²) in [7, 11) is 0. The first-order chi connectivity index (χ1) is 12.9. The molecule has 3 rings (SSSR count). The van der Waals surface area contributed by atoms with Gasteiger partial charge in [0.25, 0.3) is 0 Å². The van der Waals surface area contributed by atoms with Crippen molar-refractivity contribution < 1.29 is 9.18 Å². The molecule has 2 aromatic heterocycles. The predicted octanol–water partition coefficient (Wildman–Crippen LogP) is 4.99. The molecule has 7 nitrogen and oxygen atoms in total. The van der Waals surface area contributed by atoms with E-state index in [1.165, 1.54) is 41.9 Å². The molecule has 0 radical (unpaired) electrons. The third-order valence-corrected chi connectivity index (χ3v) is 4.42. The van der Waals surface area contributed by atoms with Crippen LogP contribution in [0.2, 0.25) is 9.36 Å². The van der Waals surface area contributed by atoms with Crippen LogP contribution in [0.4, 0.5) is 32.7 Å². The van der Waals surface area contributed by atoms with Crippen LogP contribution in [0.25, 0.3) is 0 Å². The van der Waals surface area contributed by atoms with Crippen molar-refractivity contribution in [3.63, 3.8) is 0 Å². The van der Waals surface area contributed by atoms with Crippen LogP contribution >= 0.6 is 34.5 Å². The van der Waals surface area contributed by atoms with Gasteiger partial charge >= 0.3 is 0 Å². The molecule has 0 saturated carbocycles. The van der Waals surface area contributed by atoms with E-state index in [9.17, 15) is 9.18 Å². The first-order valence-corrected chi connectivity index (χ1v) is 8.92. The molecule has 0 aliphatic heterocycles. The monoisotopic (exact) mass is 424 g/mol. The number of halogens is 3. The number of rotatable bonds is 6. The summed E-state index contributed by atoms with van der Waals surface area (Å²) in [5, 5.41) is 8.88. The Balaban J connectivity index is 1.84. The maximum Gasteiger partial charge on any atom is 0.247 e. The van der Waals surface area contributed by atoms with Crippen LogP contribution in [0.5, 0.6) is 0 Å². The molecule has 0 bridgehead atoms. The zero-order valence-electron chi connectivity index (χ0n) is 13.5. The molecule has 3 N–H and O–H groups in total. The fraction of sp³-hybridized carbons (Fsp3) is 0. The number of benzene rings is 1. The van der Waals surface area contributed by atoms with Crippen molar-refractivity contribution in [2.75, 3.05) is 16.0 Å². The van der Waals surface area contributed by atoms with E-state index >= 15 is 0 Å². The second-order valence-electron chi connectivity index (χ2n) is 5.00. The topological polar surface area (TPSA) is 91.8 Å². The standard InChI is InChI=1S/C16H11Cl2FN6OS/c1-2-13(26)22-8-3-4-10(19)11(5-8)23-14-9(17)6-20-15(24-14)25-16-21-7-12(18)27-16/h2-7H,1H2,(H,22,26)(H2,20,21,23,24,25). The summed E-state index contributed by atoms with van der Waals surface area (Å²) in [4.78, 5) is 23.7. The number of carbonyl (C=O) groups excluding carboxylic acids is 1. The maximum atomic E-state index is 14.1. The number of carbonyl (C=O) groups is 1. The molecule has 3 aromatic rings. The van der Waals surface area contributed by atoms with E-state index in [1.807, 2.05) is 0 Å². The molecule has 0 saturated heterocycles. The van der Waals surface area contributed by atoms with Crippen LogP contribution in [0, 0.1) is 5.82 Å². The summed E-state index contributed by atoms with van der Waals surface area (Å²) < 4.78 is 14.6. The first kappa shape index (κ1) is 19.0. The number of hydrogen-bond acceptors (Lipinski definition) is 7. The Hall–Kier alpha value is -2.75. The van der Waals surface area contributed by atoms with Crippen molar-refractivity contribution in [3.8, 4) is 0 Å². The van der Waals surface area contributed by atoms with Crippen molar-refractivity contribution in [2.45, 2.75) is 0 Å². The predicted molar refractivity (Wildman–Crippen MR) is 106 cm³/mol. The largest absolute Gasteiger partial charge is 0.336 e. The average Bonchev–Trinajstić information content (AvgIpc) is 3.05. The molecule has 0 unspecified atom stereocenters. The van der Waals surface area contributed by atoms with Gasteiger partial charge in [0.2, 0.25) is 11.9 Å². The maximum absolute atomic E-state index is 14.1. The first-order valence-electron chi connectivity index (χ1n) is 7.35. The number of anilines is 5. The molecule has 0 atom stereocenters. The van der Waals surface area contributed by atoms with E-state index in [1.54, 1.807) is 0 Å². The van der Waals surface area contributed by atoms with Crippen LogP contribution in [0.1, 0.15) is 0 Å². The zero-order valence-corrected chi connectivity index (χ0v) is 15.8. The van der Waals surface area contributed by atoms with Gasteiger partial charge in [0.1, 0.15) is 15.2 Å². The second-order valence-corrected chi connectivity index (χ2v) is 7.07. The van der Waals surface area contributed by atoms with Crippen LogP contribution in [-0.4, -0.2) is 20.9 Å². The highest BCUT2D eigenvalue weighted by Crippen LogP contribution is 2.29. The van der Waals surface area contributed by atoms with Crippen LogP contribution in [0.15, 0.2) is 43.2 Å². The van der Waals surface area contributed by atoms with Crippen molar-refractivity contribution >= 4 is 68.7 Å². The van der Waals surface area contributed by atoms with E-state index in [4.69, 9.17) is 23.2 Å². The van der Waals surface area contributed by atoms with Crippen molar-refractivity contribution in [1.82, 2.24) is 15.0 Å². The fourth-order valence-electron chi connectivity index (χ4n) is 1.94. The smallest absolute Gasteiger partial charge is 0.247 e. The summed E-state index contributed by atoms with van der Waals surface area (Å²) in [6.45, 7) is 3.37. The molecule has 138 valence electrons. The zero-order chi connectivity index (χ0) is 19.4. The molecule has 1 aromatic carbocycles. The Morgan fingerprint density at radius 3 is 2.74 bits per heavy atom. The van der Waals surface area contributed by atoms with Gasteiger partial charge in [0, 0.05) is 5.69 Å². The molecule has 0 fully saturated rings. The van der Waals surface area contributed by atoms with Gasteiger partial charge < -0.3 is 10.6 Å². The van der Waals surface area contributed by atoms with Crippen LogP contribution in [0.3, 0.4) is 0 Å². The highest BCUT2D eigenvalue weighted by molar-refractivity contribution is 7.19. The number of thiazole rings is 1. The van der Waals surface area contributed by atoms with Gasteiger partial charge in [-0.25, -0.2) is 14.4 Å². The minimum absolute atomic E-state index is 0.0701. The normalized spacial score (nSPS) is 10.3. The minimum atomic E-state index is -0.553. The van der Waals surface area contributed by atoms with E-state index in [0.717, 1.165) is 6.08 Å². The molecule has 1 amide bonds. The second kappa shape index (κ2) is 8.30. The summed E-state index contributed by atoms with van der Waals surface area (Å²) in [5.41, 5.74) is 0.449. The highest BCUT2D eigenvalue weighted by atomic mass is 35.5. The summed E-state index contributed by atoms with van der Waals surface area (Å²) in [5.74, 6) is -0.601. The SMILES string of the molecule is C=CC(=O)Nc1ccc(F)c(Nc2nc(Nc3ncc(Cl)s3)ncc2Cl)c1. The van der Waals surface area contributed by atoms with Gasteiger partial charge in [0.15, 0.2) is 10.9 Å². The van der Waals surface area contributed by atoms with E-state index < -0.39 is 11.7 Å². The van der Waals surface area contributed by atoms with Crippen LogP contribution in [-0.2, 0) is 4.79 Å². The highest BCUT2D eigenvalue weighted by Gasteiger charge is 2.11. The number of aromatic nitrogens is 3. The molecule has 0 aliphatic rings. The molecule has 2 heterocycles. The lowest BCUT2D eigenvalue weighted by Gasteiger charge is -2.11. The van der Waals surface area contributed by atoms with Crippen molar-refractivity contribution in [1.29, 1.82) is 0 Å². The summed E-state index contributed by atoms with van der Waals surface area (Å²) in [6, 6.07) is 4.03. The van der Waals surface area contributed by atoms with Gasteiger partial charge in [-0.2, -0.15) is 4.98 Å². The quantitative estimate of drug-likeness (QED) is 0.482. The molecular weight excluding hydrogens is 414 g/mol. The third kappa shape index (κ3) is 4.91. The lowest BCUT2D eigenvalue weighted by atomic mass is 10.2. The Morgan fingerprint density at radius 2 is 2.04 bits per heavy atom. The van der Waals surface area contributed by atoms with Crippen LogP contribution < -0.4 is 16.0 Å². The van der Waals surface area contributed by atoms with Gasteiger partial charge in [-0.05, 0) is 24.3 Å². The Bertz CT molecular complexity index is 1010. The number of hydrogen-bond donors (Lipinski definition) is 3. The Labute approximate surface area is 167 Å². The lowest BCUT2D eigenvalue weighted by Crippen LogP contribution is -2.08. The molecule has 0 aliphatic carbocycles. The molecule has 11 heteroatoms. The van der Waals surface area contributed by atoms with Crippen molar-refractivity contribution in [3.05, 3.63) is 58.4 Å². The lowest BCUT2D eigenvalue weighted by molar-refractivity contribution is -0.111. The minimum Gasteiger partial charge on any atom is -0.336 e. The molecular formula is C16H11Cl2FN6OS. The Kier molecular flexibility index (Phi) is 5.84. The van der Waals surface area contributed by atoms with E-state index in [0.29, 0.717) is 15.2 Å². The van der Waals surface area contributed by atoms with E-state index in [2.05, 4.69) is 37.5 Å². The average molecular weight is 425 g/mol. The summed E-state index contributed by atoms with van der Waals surface area (Å²) >= 11 is 13.1. The van der Waals surface area contributed by atoms with Gasteiger partial charge in [-0.1, -0.05) is 41.1 Å². The fourth-order valence-corrected chi connectivity index (χ4v) is 2.89.